The Morgan fingerprint density at radius 2 is 2.00 bits per heavy atom. The topological polar surface area (TPSA) is 57.7 Å². The van der Waals surface area contributed by atoms with Crippen molar-refractivity contribution in [3.8, 4) is 0 Å². The maximum atomic E-state index is 12.2. The van der Waals surface area contributed by atoms with Crippen LogP contribution in [0.1, 0.15) is 32.8 Å². The molecule has 1 aromatic carbocycles. The summed E-state index contributed by atoms with van der Waals surface area (Å²) in [5.74, 6) is 0.0818. The molecular formula is C15H22N2O3S. The number of carbonyl (C=O) groups is 1. The zero-order valence-electron chi connectivity index (χ0n) is 13.0. The lowest BCUT2D eigenvalue weighted by Gasteiger charge is -2.23. The minimum absolute atomic E-state index is 0.0818. The number of hydrogen-bond donors (Lipinski definition) is 0. The molecule has 1 amide bonds. The first-order chi connectivity index (χ1) is 9.78. The summed E-state index contributed by atoms with van der Waals surface area (Å²) in [5, 5.41) is -0.478. The van der Waals surface area contributed by atoms with E-state index in [1.54, 1.807) is 31.9 Å². The first-order valence-corrected chi connectivity index (χ1v) is 8.70. The van der Waals surface area contributed by atoms with Crippen LogP contribution < -0.4 is 9.21 Å². The molecule has 0 unspecified atom stereocenters. The van der Waals surface area contributed by atoms with Crippen molar-refractivity contribution < 1.29 is 13.2 Å². The molecule has 0 aliphatic carbocycles. The number of amides is 1. The van der Waals surface area contributed by atoms with E-state index in [9.17, 15) is 13.2 Å². The van der Waals surface area contributed by atoms with Crippen LogP contribution in [0.2, 0.25) is 0 Å². The molecule has 0 N–H and O–H groups in total. The summed E-state index contributed by atoms with van der Waals surface area (Å²) in [7, 11) is -1.80. The molecule has 116 valence electrons. The molecule has 1 aromatic rings. The maximum Gasteiger partial charge on any atom is 0.237 e. The third-order valence-electron chi connectivity index (χ3n) is 3.78. The fraction of sp³-hybridized carbons (Fsp3) is 0.533. The standard InChI is InChI=1S/C15H22N2O3S/c1-5-8-17-14-7-6-13(9-12(14)10-15(17)18)16(4)21(19,20)11(2)3/h6-7,9,11H,5,8,10H2,1-4H3. The van der Waals surface area contributed by atoms with Gasteiger partial charge in [0.05, 0.1) is 17.4 Å². The molecule has 0 spiro atoms. The van der Waals surface area contributed by atoms with Crippen molar-refractivity contribution in [1.29, 1.82) is 0 Å². The number of benzene rings is 1. The number of sulfonamides is 1. The van der Waals surface area contributed by atoms with Crippen molar-refractivity contribution in [2.24, 2.45) is 0 Å². The molecule has 0 atom stereocenters. The van der Waals surface area contributed by atoms with Crippen LogP contribution in [-0.4, -0.2) is 33.2 Å². The van der Waals surface area contributed by atoms with E-state index in [0.29, 0.717) is 18.7 Å². The Morgan fingerprint density at radius 1 is 1.33 bits per heavy atom. The second-order valence-corrected chi connectivity index (χ2v) is 8.12. The van der Waals surface area contributed by atoms with E-state index in [1.165, 1.54) is 4.31 Å². The van der Waals surface area contributed by atoms with E-state index in [1.807, 2.05) is 19.1 Å². The lowest BCUT2D eigenvalue weighted by atomic mass is 10.1. The molecule has 0 saturated carbocycles. The van der Waals surface area contributed by atoms with E-state index in [4.69, 9.17) is 0 Å². The van der Waals surface area contributed by atoms with Crippen molar-refractivity contribution in [2.45, 2.75) is 38.9 Å². The van der Waals surface area contributed by atoms with E-state index < -0.39 is 15.3 Å². The molecule has 5 nitrogen and oxygen atoms in total. The van der Waals surface area contributed by atoms with Crippen molar-refractivity contribution in [3.05, 3.63) is 23.8 Å². The zero-order valence-corrected chi connectivity index (χ0v) is 13.8. The van der Waals surface area contributed by atoms with Gasteiger partial charge >= 0.3 is 0 Å². The molecule has 0 fully saturated rings. The molecule has 0 radical (unpaired) electrons. The number of anilines is 2. The number of fused-ring (bicyclic) bond motifs is 1. The molecule has 6 heteroatoms. The molecule has 2 rings (SSSR count). The number of nitrogens with zero attached hydrogens (tertiary/aromatic N) is 2. The summed E-state index contributed by atoms with van der Waals surface area (Å²) in [6.45, 7) is 6.05. The van der Waals surface area contributed by atoms with Crippen LogP contribution in [0.25, 0.3) is 0 Å². The van der Waals surface area contributed by atoms with Gasteiger partial charge in [-0.3, -0.25) is 9.10 Å². The molecular weight excluding hydrogens is 288 g/mol. The fourth-order valence-corrected chi connectivity index (χ4v) is 3.54. The molecule has 1 aliphatic heterocycles. The van der Waals surface area contributed by atoms with Crippen molar-refractivity contribution >= 4 is 27.3 Å². The third-order valence-corrected chi connectivity index (χ3v) is 5.95. The zero-order chi connectivity index (χ0) is 15.8. The Hall–Kier alpha value is -1.56. The van der Waals surface area contributed by atoms with Crippen molar-refractivity contribution in [2.75, 3.05) is 22.8 Å². The summed E-state index contributed by atoms with van der Waals surface area (Å²) >= 11 is 0. The Balaban J connectivity index is 2.36. The average Bonchev–Trinajstić information content (AvgIpc) is 2.73. The van der Waals surface area contributed by atoms with Gasteiger partial charge in [-0.2, -0.15) is 0 Å². The highest BCUT2D eigenvalue weighted by atomic mass is 32.2. The largest absolute Gasteiger partial charge is 0.312 e. The van der Waals surface area contributed by atoms with E-state index >= 15 is 0 Å². The van der Waals surface area contributed by atoms with Gasteiger partial charge in [-0.1, -0.05) is 6.92 Å². The van der Waals surface area contributed by atoms with Gasteiger partial charge < -0.3 is 4.90 Å². The summed E-state index contributed by atoms with van der Waals surface area (Å²) in [4.78, 5) is 13.8. The Morgan fingerprint density at radius 3 is 2.57 bits per heavy atom. The minimum atomic E-state index is -3.35. The van der Waals surface area contributed by atoms with Crippen LogP contribution in [-0.2, 0) is 21.2 Å². The van der Waals surface area contributed by atoms with Gasteiger partial charge in [0.1, 0.15) is 0 Å². The third kappa shape index (κ3) is 2.77. The van der Waals surface area contributed by atoms with Crippen LogP contribution in [0.4, 0.5) is 11.4 Å². The SMILES string of the molecule is CCCN1C(=O)Cc2cc(N(C)S(=O)(=O)C(C)C)ccc21. The number of hydrogen-bond acceptors (Lipinski definition) is 3. The van der Waals surface area contributed by atoms with Crippen LogP contribution in [0.3, 0.4) is 0 Å². The first kappa shape index (κ1) is 15.8. The first-order valence-electron chi connectivity index (χ1n) is 7.20. The van der Waals surface area contributed by atoms with Gasteiger partial charge in [0.25, 0.3) is 0 Å². The lowest BCUT2D eigenvalue weighted by molar-refractivity contribution is -0.117. The second kappa shape index (κ2) is 5.67. The van der Waals surface area contributed by atoms with Gasteiger partial charge in [0.15, 0.2) is 0 Å². The fourth-order valence-electron chi connectivity index (χ4n) is 2.50. The molecule has 21 heavy (non-hydrogen) atoms. The lowest BCUT2D eigenvalue weighted by Crippen LogP contribution is -2.33. The van der Waals surface area contributed by atoms with Crippen molar-refractivity contribution in [1.82, 2.24) is 0 Å². The Labute approximate surface area is 126 Å². The van der Waals surface area contributed by atoms with Gasteiger partial charge in [0.2, 0.25) is 15.9 Å². The van der Waals surface area contributed by atoms with E-state index in [-0.39, 0.29) is 5.91 Å². The van der Waals surface area contributed by atoms with Crippen LogP contribution in [0.5, 0.6) is 0 Å². The molecule has 0 aromatic heterocycles. The monoisotopic (exact) mass is 310 g/mol. The Bertz CT molecular complexity index is 653. The summed E-state index contributed by atoms with van der Waals surface area (Å²) in [6.07, 6.45) is 1.24. The minimum Gasteiger partial charge on any atom is -0.312 e. The number of rotatable bonds is 5. The number of carbonyl (C=O) groups excluding carboxylic acids is 1. The average molecular weight is 310 g/mol. The summed E-state index contributed by atoms with van der Waals surface area (Å²) < 4.78 is 25.7. The molecule has 1 heterocycles. The molecule has 0 saturated heterocycles. The molecule has 0 bridgehead atoms. The van der Waals surface area contributed by atoms with Crippen LogP contribution in [0, 0.1) is 0 Å². The maximum absolute atomic E-state index is 12.2. The summed E-state index contributed by atoms with van der Waals surface area (Å²) in [5.41, 5.74) is 2.41. The smallest absolute Gasteiger partial charge is 0.237 e. The van der Waals surface area contributed by atoms with Gasteiger partial charge in [-0.25, -0.2) is 8.42 Å². The van der Waals surface area contributed by atoms with Crippen LogP contribution in [0.15, 0.2) is 18.2 Å². The van der Waals surface area contributed by atoms with Gasteiger partial charge in [-0.15, -0.1) is 0 Å². The van der Waals surface area contributed by atoms with Gasteiger partial charge in [0, 0.05) is 19.3 Å². The summed E-state index contributed by atoms with van der Waals surface area (Å²) in [6, 6.07) is 5.42. The van der Waals surface area contributed by atoms with E-state index in [0.717, 1.165) is 17.7 Å². The highest BCUT2D eigenvalue weighted by molar-refractivity contribution is 7.93. The van der Waals surface area contributed by atoms with Crippen molar-refractivity contribution in [3.63, 3.8) is 0 Å². The second-order valence-electron chi connectivity index (χ2n) is 5.60. The predicted molar refractivity (Wildman–Crippen MR) is 85.2 cm³/mol. The Kier molecular flexibility index (Phi) is 4.27. The van der Waals surface area contributed by atoms with Crippen LogP contribution >= 0.6 is 0 Å². The highest BCUT2D eigenvalue weighted by Crippen LogP contribution is 2.33. The highest BCUT2D eigenvalue weighted by Gasteiger charge is 2.28. The quantitative estimate of drug-likeness (QED) is 0.837. The molecule has 1 aliphatic rings. The normalized spacial score (nSPS) is 14.7. The predicted octanol–water partition coefficient (Wildman–Crippen LogP) is 2.16. The van der Waals surface area contributed by atoms with Gasteiger partial charge in [-0.05, 0) is 44.0 Å². The van der Waals surface area contributed by atoms with E-state index in [2.05, 4.69) is 0 Å².